The van der Waals surface area contributed by atoms with Crippen molar-refractivity contribution in [2.45, 2.75) is 0 Å². The maximum atomic E-state index is 12.2. The number of ketones is 1. The van der Waals surface area contributed by atoms with E-state index in [0.29, 0.717) is 5.75 Å². The van der Waals surface area contributed by atoms with Crippen LogP contribution in [0.1, 0.15) is 15.9 Å². The van der Waals surface area contributed by atoms with Gasteiger partial charge in [-0.25, -0.2) is 0 Å². The molecule has 0 atom stereocenters. The van der Waals surface area contributed by atoms with Crippen LogP contribution in [0.2, 0.25) is 0 Å². The van der Waals surface area contributed by atoms with E-state index in [4.69, 9.17) is 9.47 Å². The number of phenolic OH excluding ortho intramolecular Hbond substituents is 1. The number of halogens is 1. The molecule has 0 aromatic heterocycles. The summed E-state index contributed by atoms with van der Waals surface area (Å²) in [4.78, 5) is 12.2. The Morgan fingerprint density at radius 1 is 1.09 bits per heavy atom. The van der Waals surface area contributed by atoms with Crippen molar-refractivity contribution in [1.82, 2.24) is 0 Å². The smallest absolute Gasteiger partial charge is 0.203 e. The van der Waals surface area contributed by atoms with Crippen LogP contribution in [-0.4, -0.2) is 25.1 Å². The third-order valence-electron chi connectivity index (χ3n) is 3.08. The lowest BCUT2D eigenvalue weighted by atomic mass is 10.1. The van der Waals surface area contributed by atoms with E-state index in [-0.39, 0.29) is 22.8 Å². The van der Waals surface area contributed by atoms with Crippen LogP contribution in [0.5, 0.6) is 17.2 Å². The molecule has 0 saturated heterocycles. The van der Waals surface area contributed by atoms with E-state index in [1.165, 1.54) is 26.4 Å². The number of carbonyl (C=O) groups is 1. The highest BCUT2D eigenvalue weighted by molar-refractivity contribution is 9.10. The molecule has 4 nitrogen and oxygen atoms in total. The second-order valence-electron chi connectivity index (χ2n) is 4.45. The third-order valence-corrected chi connectivity index (χ3v) is 3.61. The molecule has 0 spiro atoms. The van der Waals surface area contributed by atoms with Gasteiger partial charge in [-0.2, -0.15) is 0 Å². The van der Waals surface area contributed by atoms with Crippen molar-refractivity contribution < 1.29 is 19.4 Å². The molecule has 2 aromatic rings. The van der Waals surface area contributed by atoms with E-state index in [1.54, 1.807) is 12.1 Å². The zero-order valence-corrected chi connectivity index (χ0v) is 13.8. The van der Waals surface area contributed by atoms with Crippen molar-refractivity contribution in [3.8, 4) is 17.2 Å². The van der Waals surface area contributed by atoms with Gasteiger partial charge in [-0.1, -0.05) is 34.1 Å². The Morgan fingerprint density at radius 2 is 1.77 bits per heavy atom. The maximum Gasteiger partial charge on any atom is 0.203 e. The Hall–Kier alpha value is -2.27. The fraction of sp³-hybridized carbons (Fsp3) is 0.118. The molecule has 22 heavy (non-hydrogen) atoms. The molecule has 114 valence electrons. The fourth-order valence-electron chi connectivity index (χ4n) is 1.95. The predicted octanol–water partition coefficient (Wildman–Crippen LogP) is 4.07. The molecular formula is C17H15BrO4. The minimum absolute atomic E-state index is 0.144. The molecular weight excluding hydrogens is 348 g/mol. The van der Waals surface area contributed by atoms with Gasteiger partial charge in [0.1, 0.15) is 0 Å². The Morgan fingerprint density at radius 3 is 2.36 bits per heavy atom. The fourth-order valence-corrected chi connectivity index (χ4v) is 2.21. The number of rotatable bonds is 5. The number of hydrogen-bond acceptors (Lipinski definition) is 4. The van der Waals surface area contributed by atoms with Crippen molar-refractivity contribution >= 4 is 27.8 Å². The number of carbonyl (C=O) groups excluding carboxylic acids is 1. The molecule has 0 bridgehead atoms. The van der Waals surface area contributed by atoms with Crippen LogP contribution in [0.15, 0.2) is 46.9 Å². The van der Waals surface area contributed by atoms with Crippen LogP contribution in [0, 0.1) is 0 Å². The van der Waals surface area contributed by atoms with Gasteiger partial charge in [0.25, 0.3) is 0 Å². The first-order valence-electron chi connectivity index (χ1n) is 6.48. The number of hydrogen-bond donors (Lipinski definition) is 1. The van der Waals surface area contributed by atoms with E-state index in [1.807, 2.05) is 24.3 Å². The van der Waals surface area contributed by atoms with Gasteiger partial charge in [0.15, 0.2) is 17.3 Å². The van der Waals surface area contributed by atoms with Gasteiger partial charge in [0.2, 0.25) is 5.75 Å². The minimum atomic E-state index is -0.318. The molecule has 0 aliphatic heterocycles. The summed E-state index contributed by atoms with van der Waals surface area (Å²) in [6, 6.07) is 10.6. The number of ether oxygens (including phenoxy) is 2. The first-order valence-corrected chi connectivity index (χ1v) is 7.28. The molecule has 0 aliphatic carbocycles. The number of aromatic hydroxyl groups is 1. The molecule has 0 aliphatic rings. The zero-order chi connectivity index (χ0) is 16.1. The Kier molecular flexibility index (Phi) is 5.22. The van der Waals surface area contributed by atoms with Crippen LogP contribution >= 0.6 is 15.9 Å². The second-order valence-corrected chi connectivity index (χ2v) is 5.36. The van der Waals surface area contributed by atoms with Crippen molar-refractivity contribution in [3.05, 3.63) is 58.1 Å². The van der Waals surface area contributed by atoms with Crippen LogP contribution in [0.25, 0.3) is 6.08 Å². The maximum absolute atomic E-state index is 12.2. The normalized spacial score (nSPS) is 10.7. The molecule has 2 aromatic carbocycles. The summed E-state index contributed by atoms with van der Waals surface area (Å²) in [5.74, 6) is -0.0347. The summed E-state index contributed by atoms with van der Waals surface area (Å²) in [6.07, 6.45) is 3.09. The Labute approximate surface area is 137 Å². The van der Waals surface area contributed by atoms with E-state index in [2.05, 4.69) is 15.9 Å². The summed E-state index contributed by atoms with van der Waals surface area (Å²) in [5, 5.41) is 10.1. The molecule has 0 radical (unpaired) electrons. The summed E-state index contributed by atoms with van der Waals surface area (Å²) in [7, 11) is 2.87. The average Bonchev–Trinajstić information content (AvgIpc) is 2.53. The van der Waals surface area contributed by atoms with Crippen LogP contribution in [0.4, 0.5) is 0 Å². The van der Waals surface area contributed by atoms with Crippen molar-refractivity contribution in [2.75, 3.05) is 14.2 Å². The highest BCUT2D eigenvalue weighted by Crippen LogP contribution is 2.39. The van der Waals surface area contributed by atoms with Crippen molar-refractivity contribution in [2.24, 2.45) is 0 Å². The lowest BCUT2D eigenvalue weighted by Crippen LogP contribution is -1.99. The highest BCUT2D eigenvalue weighted by Gasteiger charge is 2.17. The van der Waals surface area contributed by atoms with Gasteiger partial charge in [-0.3, -0.25) is 4.79 Å². The van der Waals surface area contributed by atoms with E-state index < -0.39 is 0 Å². The molecule has 0 amide bonds. The second kappa shape index (κ2) is 7.13. The van der Waals surface area contributed by atoms with Crippen LogP contribution < -0.4 is 9.47 Å². The standard InChI is InChI=1S/C17H15BrO4/c1-21-15-10-8-13(16(20)17(15)22-2)14(19)9-5-11-3-6-12(18)7-4-11/h3-10,20H,1-2H3/b9-5-. The zero-order valence-electron chi connectivity index (χ0n) is 12.2. The monoisotopic (exact) mass is 362 g/mol. The molecule has 1 N–H and O–H groups in total. The van der Waals surface area contributed by atoms with Gasteiger partial charge in [0.05, 0.1) is 19.8 Å². The average molecular weight is 363 g/mol. The van der Waals surface area contributed by atoms with E-state index in [0.717, 1.165) is 10.0 Å². The lowest BCUT2D eigenvalue weighted by Gasteiger charge is -2.11. The predicted molar refractivity (Wildman–Crippen MR) is 88.7 cm³/mol. The number of allylic oxidation sites excluding steroid dienone is 1. The first kappa shape index (κ1) is 16.1. The number of methoxy groups -OCH3 is 2. The SMILES string of the molecule is COc1ccc(C(=O)/C=C\c2ccc(Br)cc2)c(O)c1OC. The summed E-state index contributed by atoms with van der Waals surface area (Å²) in [5.41, 5.74) is 1.04. The van der Waals surface area contributed by atoms with E-state index in [9.17, 15) is 9.90 Å². The summed E-state index contributed by atoms with van der Waals surface area (Å²) in [6.45, 7) is 0. The third kappa shape index (κ3) is 3.49. The lowest BCUT2D eigenvalue weighted by molar-refractivity contribution is 0.104. The summed E-state index contributed by atoms with van der Waals surface area (Å²) >= 11 is 3.35. The quantitative estimate of drug-likeness (QED) is 0.643. The van der Waals surface area contributed by atoms with E-state index >= 15 is 0 Å². The Bertz CT molecular complexity index is 705. The topological polar surface area (TPSA) is 55.8 Å². The number of benzene rings is 2. The first-order chi connectivity index (χ1) is 10.6. The molecule has 0 heterocycles. The Balaban J connectivity index is 2.28. The molecule has 0 fully saturated rings. The van der Waals surface area contributed by atoms with Gasteiger partial charge in [-0.05, 0) is 35.9 Å². The van der Waals surface area contributed by atoms with Gasteiger partial charge >= 0.3 is 0 Å². The molecule has 2 rings (SSSR count). The van der Waals surface area contributed by atoms with Gasteiger partial charge in [-0.15, -0.1) is 0 Å². The summed E-state index contributed by atoms with van der Waals surface area (Å²) < 4.78 is 11.1. The largest absolute Gasteiger partial charge is 0.504 e. The number of phenols is 1. The van der Waals surface area contributed by atoms with Gasteiger partial charge < -0.3 is 14.6 Å². The van der Waals surface area contributed by atoms with Crippen molar-refractivity contribution in [3.63, 3.8) is 0 Å². The molecule has 5 heteroatoms. The van der Waals surface area contributed by atoms with Crippen LogP contribution in [0.3, 0.4) is 0 Å². The molecule has 0 saturated carbocycles. The van der Waals surface area contributed by atoms with Crippen LogP contribution in [-0.2, 0) is 0 Å². The van der Waals surface area contributed by atoms with Crippen molar-refractivity contribution in [1.29, 1.82) is 0 Å². The van der Waals surface area contributed by atoms with Gasteiger partial charge in [0, 0.05) is 4.47 Å². The highest BCUT2D eigenvalue weighted by atomic mass is 79.9. The molecule has 0 unspecified atom stereocenters. The minimum Gasteiger partial charge on any atom is -0.504 e.